The van der Waals surface area contributed by atoms with Crippen molar-refractivity contribution in [3.05, 3.63) is 0 Å². The SMILES string of the molecule is CCC(C)OCC1(C)CCC1. The Morgan fingerprint density at radius 3 is 2.45 bits per heavy atom. The van der Waals surface area contributed by atoms with Gasteiger partial charge >= 0.3 is 0 Å². The third-order valence-corrected chi connectivity index (χ3v) is 2.85. The molecule has 1 saturated carbocycles. The van der Waals surface area contributed by atoms with Crippen LogP contribution in [-0.2, 0) is 4.74 Å². The van der Waals surface area contributed by atoms with E-state index in [-0.39, 0.29) is 0 Å². The Morgan fingerprint density at radius 1 is 1.45 bits per heavy atom. The van der Waals surface area contributed by atoms with Crippen molar-refractivity contribution in [3.63, 3.8) is 0 Å². The lowest BCUT2D eigenvalue weighted by Crippen LogP contribution is -2.32. The molecular weight excluding hydrogens is 136 g/mol. The summed E-state index contributed by atoms with van der Waals surface area (Å²) in [5.41, 5.74) is 0.531. The molecule has 1 fully saturated rings. The highest BCUT2D eigenvalue weighted by atomic mass is 16.5. The maximum Gasteiger partial charge on any atom is 0.0544 e. The fraction of sp³-hybridized carbons (Fsp3) is 1.00. The minimum absolute atomic E-state index is 0.451. The van der Waals surface area contributed by atoms with Gasteiger partial charge in [-0.25, -0.2) is 0 Å². The van der Waals surface area contributed by atoms with Crippen LogP contribution in [0.2, 0.25) is 0 Å². The molecule has 1 aliphatic rings. The van der Waals surface area contributed by atoms with Crippen molar-refractivity contribution in [2.24, 2.45) is 5.41 Å². The summed E-state index contributed by atoms with van der Waals surface area (Å²) in [6.45, 7) is 7.64. The standard InChI is InChI=1S/C10H20O/c1-4-9(2)11-8-10(3)6-5-7-10/h9H,4-8H2,1-3H3. The molecule has 1 unspecified atom stereocenters. The summed E-state index contributed by atoms with van der Waals surface area (Å²) in [5.74, 6) is 0. The largest absolute Gasteiger partial charge is 0.378 e. The number of ether oxygens (including phenoxy) is 1. The molecule has 0 amide bonds. The van der Waals surface area contributed by atoms with Crippen LogP contribution >= 0.6 is 0 Å². The highest BCUT2D eigenvalue weighted by Crippen LogP contribution is 2.40. The Kier molecular flexibility index (Phi) is 2.94. The molecule has 0 aromatic rings. The lowest BCUT2D eigenvalue weighted by molar-refractivity contribution is -0.0293. The molecule has 1 atom stereocenters. The molecule has 0 heterocycles. The zero-order chi connectivity index (χ0) is 8.32. The van der Waals surface area contributed by atoms with Crippen LogP contribution < -0.4 is 0 Å². The summed E-state index contributed by atoms with van der Waals surface area (Å²) in [7, 11) is 0. The summed E-state index contributed by atoms with van der Waals surface area (Å²) in [5, 5.41) is 0. The fourth-order valence-electron chi connectivity index (χ4n) is 1.39. The van der Waals surface area contributed by atoms with Crippen LogP contribution in [0.4, 0.5) is 0 Å². The summed E-state index contributed by atoms with van der Waals surface area (Å²) in [4.78, 5) is 0. The fourth-order valence-corrected chi connectivity index (χ4v) is 1.39. The molecule has 0 radical (unpaired) electrons. The lowest BCUT2D eigenvalue weighted by atomic mass is 9.71. The van der Waals surface area contributed by atoms with Gasteiger partial charge in [-0.3, -0.25) is 0 Å². The third kappa shape index (κ3) is 2.48. The van der Waals surface area contributed by atoms with Gasteiger partial charge in [0.1, 0.15) is 0 Å². The van der Waals surface area contributed by atoms with Gasteiger partial charge in [-0.05, 0) is 31.6 Å². The van der Waals surface area contributed by atoms with E-state index in [0.717, 1.165) is 13.0 Å². The van der Waals surface area contributed by atoms with E-state index >= 15 is 0 Å². The van der Waals surface area contributed by atoms with Crippen molar-refractivity contribution < 1.29 is 4.74 Å². The van der Waals surface area contributed by atoms with Crippen molar-refractivity contribution >= 4 is 0 Å². The van der Waals surface area contributed by atoms with Crippen molar-refractivity contribution in [1.82, 2.24) is 0 Å². The Labute approximate surface area is 70.1 Å². The number of rotatable bonds is 4. The molecule has 0 aromatic heterocycles. The Morgan fingerprint density at radius 2 is 2.09 bits per heavy atom. The number of hydrogen-bond acceptors (Lipinski definition) is 1. The van der Waals surface area contributed by atoms with Crippen LogP contribution in [0, 0.1) is 5.41 Å². The lowest BCUT2D eigenvalue weighted by Gasteiger charge is -2.38. The first-order valence-corrected chi connectivity index (χ1v) is 4.78. The summed E-state index contributed by atoms with van der Waals surface area (Å²) >= 11 is 0. The molecule has 1 rings (SSSR count). The Bertz CT molecular complexity index is 116. The zero-order valence-electron chi connectivity index (χ0n) is 8.02. The highest BCUT2D eigenvalue weighted by Gasteiger charge is 2.32. The van der Waals surface area contributed by atoms with Gasteiger partial charge in [0, 0.05) is 0 Å². The van der Waals surface area contributed by atoms with Crippen LogP contribution in [-0.4, -0.2) is 12.7 Å². The van der Waals surface area contributed by atoms with Crippen LogP contribution in [0.25, 0.3) is 0 Å². The van der Waals surface area contributed by atoms with Crippen molar-refractivity contribution in [1.29, 1.82) is 0 Å². The van der Waals surface area contributed by atoms with Crippen molar-refractivity contribution in [2.75, 3.05) is 6.61 Å². The second-order valence-electron chi connectivity index (χ2n) is 4.19. The predicted molar refractivity (Wildman–Crippen MR) is 47.7 cm³/mol. The average Bonchev–Trinajstić information content (AvgIpc) is 1.96. The van der Waals surface area contributed by atoms with Gasteiger partial charge < -0.3 is 4.74 Å². The van der Waals surface area contributed by atoms with E-state index in [2.05, 4.69) is 20.8 Å². The van der Waals surface area contributed by atoms with Gasteiger partial charge in [0.05, 0.1) is 12.7 Å². The van der Waals surface area contributed by atoms with Crippen LogP contribution in [0.15, 0.2) is 0 Å². The molecule has 0 aromatic carbocycles. The first-order valence-electron chi connectivity index (χ1n) is 4.78. The van der Waals surface area contributed by atoms with Crippen molar-refractivity contribution in [3.8, 4) is 0 Å². The monoisotopic (exact) mass is 156 g/mol. The van der Waals surface area contributed by atoms with Gasteiger partial charge in [-0.2, -0.15) is 0 Å². The smallest absolute Gasteiger partial charge is 0.0544 e. The maximum atomic E-state index is 5.70. The van der Waals surface area contributed by atoms with Crippen LogP contribution in [0.5, 0.6) is 0 Å². The van der Waals surface area contributed by atoms with E-state index in [0.29, 0.717) is 11.5 Å². The van der Waals surface area contributed by atoms with Crippen molar-refractivity contribution in [2.45, 2.75) is 52.6 Å². The third-order valence-electron chi connectivity index (χ3n) is 2.85. The summed E-state index contributed by atoms with van der Waals surface area (Å²) in [6.07, 6.45) is 5.72. The molecule has 0 saturated heterocycles. The van der Waals surface area contributed by atoms with Gasteiger partial charge in [-0.15, -0.1) is 0 Å². The highest BCUT2D eigenvalue weighted by molar-refractivity contribution is 4.82. The van der Waals surface area contributed by atoms with E-state index in [9.17, 15) is 0 Å². The van der Waals surface area contributed by atoms with Gasteiger partial charge in [0.15, 0.2) is 0 Å². The van der Waals surface area contributed by atoms with Crippen LogP contribution in [0.1, 0.15) is 46.5 Å². The molecule has 66 valence electrons. The second kappa shape index (κ2) is 3.57. The second-order valence-corrected chi connectivity index (χ2v) is 4.19. The zero-order valence-corrected chi connectivity index (χ0v) is 8.02. The molecule has 1 heteroatoms. The van der Waals surface area contributed by atoms with E-state index in [1.54, 1.807) is 0 Å². The number of hydrogen-bond donors (Lipinski definition) is 0. The Hall–Kier alpha value is -0.0400. The Balaban J connectivity index is 2.11. The first kappa shape index (κ1) is 9.05. The molecule has 0 N–H and O–H groups in total. The minimum Gasteiger partial charge on any atom is -0.378 e. The van der Waals surface area contributed by atoms with Gasteiger partial charge in [-0.1, -0.05) is 20.3 Å². The van der Waals surface area contributed by atoms with E-state index in [1.165, 1.54) is 19.3 Å². The quantitative estimate of drug-likeness (QED) is 0.608. The molecule has 0 aliphatic heterocycles. The summed E-state index contributed by atoms with van der Waals surface area (Å²) in [6, 6.07) is 0. The van der Waals surface area contributed by atoms with Crippen LogP contribution in [0.3, 0.4) is 0 Å². The molecule has 1 nitrogen and oxygen atoms in total. The van der Waals surface area contributed by atoms with E-state index in [1.807, 2.05) is 0 Å². The first-order chi connectivity index (χ1) is 5.16. The van der Waals surface area contributed by atoms with E-state index in [4.69, 9.17) is 4.74 Å². The van der Waals surface area contributed by atoms with E-state index < -0.39 is 0 Å². The molecule has 0 bridgehead atoms. The van der Waals surface area contributed by atoms with Gasteiger partial charge in [0.2, 0.25) is 0 Å². The molecule has 11 heavy (non-hydrogen) atoms. The molecular formula is C10H20O. The summed E-state index contributed by atoms with van der Waals surface area (Å²) < 4.78 is 5.70. The topological polar surface area (TPSA) is 9.23 Å². The maximum absolute atomic E-state index is 5.70. The average molecular weight is 156 g/mol. The molecule has 1 aliphatic carbocycles. The molecule has 0 spiro atoms. The predicted octanol–water partition coefficient (Wildman–Crippen LogP) is 2.99. The minimum atomic E-state index is 0.451. The van der Waals surface area contributed by atoms with Gasteiger partial charge in [0.25, 0.3) is 0 Å². The normalized spacial score (nSPS) is 24.3.